The highest BCUT2D eigenvalue weighted by molar-refractivity contribution is 6.23. The summed E-state index contributed by atoms with van der Waals surface area (Å²) < 4.78 is 11.4. The maximum Gasteiger partial charge on any atom is 0.206 e. The summed E-state index contributed by atoms with van der Waals surface area (Å²) in [4.78, 5) is 27.3. The first kappa shape index (κ1) is 22.8. The highest BCUT2D eigenvalue weighted by Gasteiger charge is 2.47. The molecule has 4 heteroatoms. The van der Waals surface area contributed by atoms with Crippen molar-refractivity contribution < 1.29 is 19.1 Å². The first-order valence-corrected chi connectivity index (χ1v) is 10.4. The van der Waals surface area contributed by atoms with Gasteiger partial charge < -0.3 is 9.47 Å². The topological polar surface area (TPSA) is 52.6 Å². The Morgan fingerprint density at radius 2 is 1.55 bits per heavy atom. The molecule has 2 rings (SSSR count). The second-order valence-electron chi connectivity index (χ2n) is 7.26. The number of para-hydroxylation sites is 1. The monoisotopic (exact) mass is 396 g/mol. The second kappa shape index (κ2) is 10.9. The minimum atomic E-state index is -1.56. The van der Waals surface area contributed by atoms with Crippen LogP contribution in [0.1, 0.15) is 72.2 Å². The molecular weight excluding hydrogens is 364 g/mol. The minimum Gasteiger partial charge on any atom is -0.496 e. The van der Waals surface area contributed by atoms with Gasteiger partial charge in [-0.25, -0.2) is 0 Å². The fourth-order valence-corrected chi connectivity index (χ4v) is 3.65. The summed E-state index contributed by atoms with van der Waals surface area (Å²) in [5, 5.41) is 0. The lowest BCUT2D eigenvalue weighted by Crippen LogP contribution is -2.48. The molecule has 0 aliphatic heterocycles. The molecule has 0 N–H and O–H groups in total. The van der Waals surface area contributed by atoms with Crippen molar-refractivity contribution in [2.24, 2.45) is 0 Å². The molecule has 4 nitrogen and oxygen atoms in total. The van der Waals surface area contributed by atoms with Gasteiger partial charge in [0.05, 0.1) is 12.7 Å². The van der Waals surface area contributed by atoms with Crippen LogP contribution in [0.15, 0.2) is 48.5 Å². The van der Waals surface area contributed by atoms with E-state index < -0.39 is 5.60 Å². The maximum absolute atomic E-state index is 13.8. The fraction of sp³-hybridized carbons (Fsp3) is 0.440. The number of aryl methyl sites for hydroxylation is 1. The predicted molar refractivity (Wildman–Crippen MR) is 116 cm³/mol. The van der Waals surface area contributed by atoms with E-state index in [1.54, 1.807) is 37.4 Å². The summed E-state index contributed by atoms with van der Waals surface area (Å²) in [6, 6.07) is 14.5. The zero-order valence-electron chi connectivity index (χ0n) is 18.0. The van der Waals surface area contributed by atoms with Gasteiger partial charge in [0.1, 0.15) is 5.75 Å². The quantitative estimate of drug-likeness (QED) is 0.342. The number of hydrogen-bond acceptors (Lipinski definition) is 4. The van der Waals surface area contributed by atoms with Crippen molar-refractivity contribution in [1.82, 2.24) is 0 Å². The van der Waals surface area contributed by atoms with Crippen LogP contribution in [0.2, 0.25) is 0 Å². The summed E-state index contributed by atoms with van der Waals surface area (Å²) in [7, 11) is 3.02. The number of methoxy groups -OCH3 is 2. The largest absolute Gasteiger partial charge is 0.496 e. The second-order valence-corrected chi connectivity index (χ2v) is 7.26. The van der Waals surface area contributed by atoms with Crippen molar-refractivity contribution in [3.05, 3.63) is 65.2 Å². The van der Waals surface area contributed by atoms with Gasteiger partial charge in [-0.2, -0.15) is 0 Å². The van der Waals surface area contributed by atoms with E-state index in [1.165, 1.54) is 7.11 Å². The Bertz CT molecular complexity index is 813. The van der Waals surface area contributed by atoms with E-state index in [0.29, 0.717) is 29.7 Å². The Kier molecular flexibility index (Phi) is 8.59. The molecule has 0 aliphatic rings. The molecule has 29 heavy (non-hydrogen) atoms. The molecule has 0 saturated heterocycles. The van der Waals surface area contributed by atoms with E-state index in [9.17, 15) is 9.59 Å². The molecule has 0 saturated carbocycles. The number of carbonyl (C=O) groups excluding carboxylic acids is 2. The van der Waals surface area contributed by atoms with Crippen molar-refractivity contribution in [2.75, 3.05) is 14.2 Å². The van der Waals surface area contributed by atoms with Crippen LogP contribution in [0.25, 0.3) is 0 Å². The van der Waals surface area contributed by atoms with E-state index in [4.69, 9.17) is 9.47 Å². The SMILES string of the molecule is CCCCc1cccc(C(=O)C(CCCC)(OC)C(=O)c2ccccc2)c1OC. The molecular formula is C25H32O4. The van der Waals surface area contributed by atoms with Crippen molar-refractivity contribution in [2.45, 2.75) is 58.0 Å². The molecule has 0 radical (unpaired) electrons. The lowest BCUT2D eigenvalue weighted by Gasteiger charge is -2.30. The Morgan fingerprint density at radius 3 is 2.14 bits per heavy atom. The first-order valence-electron chi connectivity index (χ1n) is 10.4. The molecule has 0 heterocycles. The van der Waals surface area contributed by atoms with Gasteiger partial charge in [-0.15, -0.1) is 0 Å². The van der Waals surface area contributed by atoms with Gasteiger partial charge in [-0.1, -0.05) is 69.2 Å². The zero-order chi connectivity index (χ0) is 21.3. The Hall–Kier alpha value is -2.46. The molecule has 156 valence electrons. The molecule has 0 aromatic heterocycles. The van der Waals surface area contributed by atoms with Crippen LogP contribution in [0.5, 0.6) is 5.75 Å². The normalized spacial score (nSPS) is 13.0. The van der Waals surface area contributed by atoms with Crippen molar-refractivity contribution in [1.29, 1.82) is 0 Å². The molecule has 0 amide bonds. The van der Waals surface area contributed by atoms with Crippen LogP contribution in [0.4, 0.5) is 0 Å². The van der Waals surface area contributed by atoms with Crippen LogP contribution in [0, 0.1) is 0 Å². The number of ether oxygens (including phenoxy) is 2. The lowest BCUT2D eigenvalue weighted by molar-refractivity contribution is 0.00368. The van der Waals surface area contributed by atoms with Gasteiger partial charge in [-0.05, 0) is 37.3 Å². The lowest BCUT2D eigenvalue weighted by atomic mass is 9.80. The van der Waals surface area contributed by atoms with Crippen molar-refractivity contribution in [3.63, 3.8) is 0 Å². The third-order valence-electron chi connectivity index (χ3n) is 5.35. The minimum absolute atomic E-state index is 0.305. The first-order chi connectivity index (χ1) is 14.1. The summed E-state index contributed by atoms with van der Waals surface area (Å²) in [6.45, 7) is 4.16. The smallest absolute Gasteiger partial charge is 0.206 e. The van der Waals surface area contributed by atoms with Crippen LogP contribution in [-0.4, -0.2) is 31.4 Å². The average molecular weight is 397 g/mol. The van der Waals surface area contributed by atoms with Gasteiger partial charge in [0.25, 0.3) is 0 Å². The summed E-state index contributed by atoms with van der Waals surface area (Å²) in [6.07, 6.45) is 4.76. The van der Waals surface area contributed by atoms with Gasteiger partial charge in [-0.3, -0.25) is 9.59 Å². The molecule has 1 atom stereocenters. The van der Waals surface area contributed by atoms with E-state index >= 15 is 0 Å². The molecule has 0 aliphatic carbocycles. The fourth-order valence-electron chi connectivity index (χ4n) is 3.65. The Balaban J connectivity index is 2.57. The number of carbonyl (C=O) groups is 2. The standard InChI is InChI=1S/C25H32O4/c1-5-7-13-19-16-12-17-21(22(19)28-3)24(27)25(29-4,18-8-6-2)23(26)20-14-10-9-11-15-20/h9-12,14-17H,5-8,13,18H2,1-4H3. The number of Topliss-reactive ketones (excluding diaryl/α,β-unsaturated/α-hetero) is 2. The number of unbranched alkanes of at least 4 members (excludes halogenated alkanes) is 2. The molecule has 0 bridgehead atoms. The highest BCUT2D eigenvalue weighted by Crippen LogP contribution is 2.34. The highest BCUT2D eigenvalue weighted by atomic mass is 16.5. The number of hydrogen-bond donors (Lipinski definition) is 0. The maximum atomic E-state index is 13.8. The molecule has 0 fully saturated rings. The molecule has 0 spiro atoms. The predicted octanol–water partition coefficient (Wildman–Crippen LogP) is 5.68. The third-order valence-corrected chi connectivity index (χ3v) is 5.35. The molecule has 2 aromatic rings. The van der Waals surface area contributed by atoms with E-state index in [1.807, 2.05) is 25.1 Å². The van der Waals surface area contributed by atoms with Gasteiger partial charge in [0.2, 0.25) is 11.6 Å². The summed E-state index contributed by atoms with van der Waals surface area (Å²) >= 11 is 0. The Morgan fingerprint density at radius 1 is 0.862 bits per heavy atom. The Labute approximate surface area is 174 Å². The van der Waals surface area contributed by atoms with E-state index in [0.717, 1.165) is 31.2 Å². The number of rotatable bonds is 12. The van der Waals surface area contributed by atoms with Crippen LogP contribution in [-0.2, 0) is 11.2 Å². The van der Waals surface area contributed by atoms with E-state index in [-0.39, 0.29) is 11.6 Å². The zero-order valence-corrected chi connectivity index (χ0v) is 18.0. The summed E-state index contributed by atoms with van der Waals surface area (Å²) in [5.74, 6) is -0.0951. The third kappa shape index (κ3) is 4.94. The van der Waals surface area contributed by atoms with Crippen LogP contribution < -0.4 is 4.74 Å². The van der Waals surface area contributed by atoms with Crippen LogP contribution >= 0.6 is 0 Å². The number of benzene rings is 2. The number of ketones is 2. The van der Waals surface area contributed by atoms with E-state index in [2.05, 4.69) is 6.92 Å². The average Bonchev–Trinajstić information content (AvgIpc) is 2.78. The van der Waals surface area contributed by atoms with Gasteiger partial charge >= 0.3 is 0 Å². The van der Waals surface area contributed by atoms with Crippen LogP contribution in [0.3, 0.4) is 0 Å². The molecule has 1 unspecified atom stereocenters. The van der Waals surface area contributed by atoms with Gasteiger partial charge in [0, 0.05) is 12.7 Å². The van der Waals surface area contributed by atoms with Crippen molar-refractivity contribution >= 4 is 11.6 Å². The summed E-state index contributed by atoms with van der Waals surface area (Å²) in [5.41, 5.74) is 0.296. The van der Waals surface area contributed by atoms with Crippen molar-refractivity contribution in [3.8, 4) is 5.75 Å². The molecule has 2 aromatic carbocycles. The van der Waals surface area contributed by atoms with Gasteiger partial charge in [0.15, 0.2) is 5.60 Å².